The molecule has 0 aliphatic carbocycles. The van der Waals surface area contributed by atoms with Crippen LogP contribution in [0.15, 0.2) is 53.9 Å². The first-order valence-corrected chi connectivity index (χ1v) is 7.79. The van der Waals surface area contributed by atoms with Gasteiger partial charge in [-0.2, -0.15) is 5.10 Å². The van der Waals surface area contributed by atoms with Gasteiger partial charge in [-0.3, -0.25) is 4.68 Å². The number of allylic oxidation sites excluding steroid dienone is 2. The van der Waals surface area contributed by atoms with Crippen LogP contribution in [-0.2, 0) is 13.1 Å². The average molecular weight is 329 g/mol. The Morgan fingerprint density at radius 2 is 1.96 bits per heavy atom. The van der Waals surface area contributed by atoms with Crippen molar-refractivity contribution in [1.82, 2.24) is 15.1 Å². The third-order valence-corrected chi connectivity index (χ3v) is 3.56. The summed E-state index contributed by atoms with van der Waals surface area (Å²) in [7, 11) is 0. The van der Waals surface area contributed by atoms with Gasteiger partial charge in [0.15, 0.2) is 0 Å². The van der Waals surface area contributed by atoms with Gasteiger partial charge in [-0.25, -0.2) is 4.79 Å². The first kappa shape index (κ1) is 17.5. The molecule has 0 atom stereocenters. The summed E-state index contributed by atoms with van der Waals surface area (Å²) >= 11 is 0. The molecule has 2 amide bonds. The molecule has 0 unspecified atom stereocenters. The quantitative estimate of drug-likeness (QED) is 0.698. The molecule has 0 aliphatic rings. The number of benzene rings is 1. The Morgan fingerprint density at radius 1 is 1.25 bits per heavy atom. The number of carbonyl (C=O) groups is 1. The lowest BCUT2D eigenvalue weighted by atomic mass is 10.1. The van der Waals surface area contributed by atoms with Gasteiger partial charge in [0.2, 0.25) is 0 Å². The molecule has 0 bridgehead atoms. The number of anilines is 1. The number of hydrogen-bond acceptors (Lipinski definition) is 3. The van der Waals surface area contributed by atoms with Crippen LogP contribution >= 0.6 is 0 Å². The summed E-state index contributed by atoms with van der Waals surface area (Å²) in [5.41, 5.74) is 4.22. The predicted octanol–water partition coefficient (Wildman–Crippen LogP) is 4.07. The van der Waals surface area contributed by atoms with Crippen molar-refractivity contribution < 1.29 is 7.65 Å². The van der Waals surface area contributed by atoms with Gasteiger partial charge in [0.05, 0.1) is 18.4 Å². The average Bonchev–Trinajstić information content (AvgIpc) is 2.98. The SMILES string of the molecule is CC(=N)C(Cn1cc(NC(=O)NCc2ccccc2)cn1)=C(C)C.[HH].[HH]. The van der Waals surface area contributed by atoms with E-state index in [0.717, 1.165) is 16.7 Å². The lowest BCUT2D eigenvalue weighted by molar-refractivity contribution is 0.251. The third kappa shape index (κ3) is 5.08. The molecular weight excluding hydrogens is 302 g/mol. The first-order chi connectivity index (χ1) is 11.5. The Labute approximate surface area is 145 Å². The molecule has 0 saturated carbocycles. The zero-order chi connectivity index (χ0) is 17.5. The van der Waals surface area contributed by atoms with E-state index < -0.39 is 0 Å². The van der Waals surface area contributed by atoms with Crippen molar-refractivity contribution in [3.05, 3.63) is 59.4 Å². The van der Waals surface area contributed by atoms with E-state index in [-0.39, 0.29) is 8.88 Å². The summed E-state index contributed by atoms with van der Waals surface area (Å²) in [6.07, 6.45) is 3.36. The van der Waals surface area contributed by atoms with E-state index >= 15 is 0 Å². The maximum Gasteiger partial charge on any atom is 0.319 e. The monoisotopic (exact) mass is 329 g/mol. The van der Waals surface area contributed by atoms with Gasteiger partial charge in [0.1, 0.15) is 0 Å². The maximum absolute atomic E-state index is 11.9. The largest absolute Gasteiger partial charge is 0.334 e. The summed E-state index contributed by atoms with van der Waals surface area (Å²) in [4.78, 5) is 11.9. The topological polar surface area (TPSA) is 82.8 Å². The van der Waals surface area contributed by atoms with E-state index in [1.807, 2.05) is 44.2 Å². The van der Waals surface area contributed by atoms with Gasteiger partial charge in [-0.1, -0.05) is 35.9 Å². The molecule has 0 saturated heterocycles. The van der Waals surface area contributed by atoms with E-state index in [1.165, 1.54) is 0 Å². The molecule has 3 N–H and O–H groups in total. The molecule has 0 radical (unpaired) electrons. The highest BCUT2D eigenvalue weighted by atomic mass is 16.2. The lowest BCUT2D eigenvalue weighted by Crippen LogP contribution is -2.27. The fraction of sp³-hybridized carbons (Fsp3) is 0.278. The van der Waals surface area contributed by atoms with Crippen LogP contribution in [0.4, 0.5) is 10.5 Å². The number of hydrogen-bond donors (Lipinski definition) is 3. The van der Waals surface area contributed by atoms with Crippen molar-refractivity contribution in [3.63, 3.8) is 0 Å². The summed E-state index contributed by atoms with van der Waals surface area (Å²) in [5.74, 6) is 0. The number of nitrogens with one attached hydrogen (secondary N) is 3. The van der Waals surface area contributed by atoms with Crippen molar-refractivity contribution in [3.8, 4) is 0 Å². The molecule has 0 spiro atoms. The first-order valence-electron chi connectivity index (χ1n) is 7.79. The predicted molar refractivity (Wildman–Crippen MR) is 101 cm³/mol. The van der Waals surface area contributed by atoms with E-state index in [9.17, 15) is 4.79 Å². The van der Waals surface area contributed by atoms with E-state index in [1.54, 1.807) is 24.0 Å². The molecular formula is C18H27N5O. The Bertz CT molecular complexity index is 752. The molecule has 0 fully saturated rings. The molecule has 24 heavy (non-hydrogen) atoms. The minimum atomic E-state index is -0.274. The van der Waals surface area contributed by atoms with Crippen molar-refractivity contribution >= 4 is 17.4 Å². The number of carbonyl (C=O) groups excluding carboxylic acids is 1. The van der Waals surface area contributed by atoms with Crippen LogP contribution in [0.3, 0.4) is 0 Å². The van der Waals surface area contributed by atoms with Crippen LogP contribution in [0, 0.1) is 5.41 Å². The number of aromatic nitrogens is 2. The van der Waals surface area contributed by atoms with Crippen molar-refractivity contribution in [2.75, 3.05) is 5.32 Å². The molecule has 6 heteroatoms. The highest BCUT2D eigenvalue weighted by Crippen LogP contribution is 2.11. The highest BCUT2D eigenvalue weighted by molar-refractivity contribution is 5.96. The normalized spacial score (nSPS) is 10.1. The minimum absolute atomic E-state index is 0. The summed E-state index contributed by atoms with van der Waals surface area (Å²) in [5, 5.41) is 17.6. The van der Waals surface area contributed by atoms with Gasteiger partial charge in [0, 0.05) is 21.3 Å². The molecule has 1 heterocycles. The van der Waals surface area contributed by atoms with Crippen LogP contribution in [0.1, 0.15) is 29.2 Å². The van der Waals surface area contributed by atoms with Crippen LogP contribution in [0.5, 0.6) is 0 Å². The van der Waals surface area contributed by atoms with Gasteiger partial charge < -0.3 is 16.0 Å². The van der Waals surface area contributed by atoms with Crippen molar-refractivity contribution in [2.45, 2.75) is 33.9 Å². The number of urea groups is 1. The second-order valence-electron chi connectivity index (χ2n) is 5.82. The number of nitrogens with zero attached hydrogens (tertiary/aromatic N) is 2. The Hall–Kier alpha value is -2.89. The van der Waals surface area contributed by atoms with Gasteiger partial charge >= 0.3 is 6.03 Å². The van der Waals surface area contributed by atoms with Gasteiger partial charge in [-0.15, -0.1) is 0 Å². The molecule has 2 aromatic rings. The van der Waals surface area contributed by atoms with Crippen LogP contribution in [-0.4, -0.2) is 21.5 Å². The fourth-order valence-electron chi connectivity index (χ4n) is 2.28. The highest BCUT2D eigenvalue weighted by Gasteiger charge is 2.07. The Balaban J connectivity index is 0.00000312. The fourth-order valence-corrected chi connectivity index (χ4v) is 2.28. The standard InChI is InChI=1S/C18H23N5O.2H2/c1-13(2)17(14(3)19)12-23-11-16(10-21-23)22-18(24)20-9-15-7-5-4-6-8-15;;/h4-8,10-11,19H,9,12H2,1-3H3,(H2,20,22,24);2*1H. The van der Waals surface area contributed by atoms with E-state index in [4.69, 9.17) is 5.41 Å². The number of amides is 2. The molecule has 0 aliphatic heterocycles. The summed E-state index contributed by atoms with van der Waals surface area (Å²) in [6.45, 7) is 6.71. The smallest absolute Gasteiger partial charge is 0.319 e. The maximum atomic E-state index is 11.9. The van der Waals surface area contributed by atoms with Crippen LogP contribution in [0.2, 0.25) is 0 Å². The molecule has 6 nitrogen and oxygen atoms in total. The van der Waals surface area contributed by atoms with Crippen LogP contribution in [0.25, 0.3) is 0 Å². The summed E-state index contributed by atoms with van der Waals surface area (Å²) < 4.78 is 1.72. The zero-order valence-corrected chi connectivity index (χ0v) is 14.3. The van der Waals surface area contributed by atoms with Crippen molar-refractivity contribution in [1.29, 1.82) is 5.41 Å². The third-order valence-electron chi connectivity index (χ3n) is 3.56. The lowest BCUT2D eigenvalue weighted by Gasteiger charge is -2.08. The van der Waals surface area contributed by atoms with E-state index in [2.05, 4.69) is 15.7 Å². The van der Waals surface area contributed by atoms with Crippen LogP contribution < -0.4 is 10.6 Å². The minimum Gasteiger partial charge on any atom is -0.334 e. The van der Waals surface area contributed by atoms with Gasteiger partial charge in [-0.05, 0) is 31.9 Å². The van der Waals surface area contributed by atoms with Gasteiger partial charge in [0.25, 0.3) is 0 Å². The molecule has 130 valence electrons. The second kappa shape index (κ2) is 8.10. The molecule has 1 aromatic heterocycles. The van der Waals surface area contributed by atoms with Crippen molar-refractivity contribution in [2.24, 2.45) is 0 Å². The Kier molecular flexibility index (Phi) is 5.89. The Morgan fingerprint density at radius 3 is 2.58 bits per heavy atom. The number of rotatable bonds is 6. The van der Waals surface area contributed by atoms with E-state index in [0.29, 0.717) is 24.5 Å². The zero-order valence-electron chi connectivity index (χ0n) is 14.3. The molecule has 2 rings (SSSR count). The molecule has 1 aromatic carbocycles. The summed E-state index contributed by atoms with van der Waals surface area (Å²) in [6, 6.07) is 9.45. The second-order valence-corrected chi connectivity index (χ2v) is 5.82.